The van der Waals surface area contributed by atoms with Gasteiger partial charge < -0.3 is 0 Å². The van der Waals surface area contributed by atoms with Crippen LogP contribution in [0.3, 0.4) is 0 Å². The third-order valence-corrected chi connectivity index (χ3v) is 5.23. The first-order valence-corrected chi connectivity index (χ1v) is 7.10. The molecule has 5 nitrogen and oxygen atoms in total. The van der Waals surface area contributed by atoms with Crippen molar-refractivity contribution in [3.63, 3.8) is 0 Å². The molecule has 4 unspecified atom stereocenters. The normalized spacial score (nSPS) is 43.3. The number of hydrogen-bond acceptors (Lipinski definition) is 3. The Bertz CT molecular complexity index is 531. The lowest BCUT2D eigenvalue weighted by atomic mass is 9.63. The number of hydrazine groups is 1. The van der Waals surface area contributed by atoms with Crippen molar-refractivity contribution in [2.45, 2.75) is 12.8 Å². The van der Waals surface area contributed by atoms with E-state index in [0.29, 0.717) is 11.8 Å². The van der Waals surface area contributed by atoms with Gasteiger partial charge in [0, 0.05) is 6.42 Å². The molecule has 0 aromatic heterocycles. The van der Waals surface area contributed by atoms with Gasteiger partial charge in [-0.05, 0) is 30.1 Å². The first-order valence-electron chi connectivity index (χ1n) is 7.10. The lowest BCUT2D eigenvalue weighted by Crippen LogP contribution is -2.46. The summed E-state index contributed by atoms with van der Waals surface area (Å²) in [6.45, 7) is 3.48. The highest BCUT2D eigenvalue weighted by Gasteiger charge is 2.67. The molecule has 0 radical (unpaired) electrons. The molecule has 1 N–H and O–H groups in total. The second-order valence-electron chi connectivity index (χ2n) is 6.19. The maximum atomic E-state index is 12.5. The first kappa shape index (κ1) is 11.9. The summed E-state index contributed by atoms with van der Waals surface area (Å²) in [7, 11) is 0. The molecule has 1 saturated heterocycles. The number of allylic oxidation sites excluding steroid dienone is 2. The predicted molar refractivity (Wildman–Crippen MR) is 69.5 cm³/mol. The molecule has 3 fully saturated rings. The van der Waals surface area contributed by atoms with Gasteiger partial charge in [0.1, 0.15) is 0 Å². The van der Waals surface area contributed by atoms with Gasteiger partial charge in [0.2, 0.25) is 5.91 Å². The number of amides is 3. The summed E-state index contributed by atoms with van der Waals surface area (Å²) in [4.78, 5) is 36.6. The summed E-state index contributed by atoms with van der Waals surface area (Å²) < 4.78 is 0. The van der Waals surface area contributed by atoms with E-state index in [2.05, 4.69) is 24.2 Å². The van der Waals surface area contributed by atoms with Crippen LogP contribution < -0.4 is 5.43 Å². The van der Waals surface area contributed by atoms with Crippen LogP contribution >= 0.6 is 0 Å². The van der Waals surface area contributed by atoms with Crippen molar-refractivity contribution in [1.29, 1.82) is 0 Å². The molecule has 5 aliphatic rings. The van der Waals surface area contributed by atoms with E-state index in [-0.39, 0.29) is 47.8 Å². The fourth-order valence-electron chi connectivity index (χ4n) is 4.37. The maximum Gasteiger partial charge on any atom is 0.252 e. The molecule has 5 rings (SSSR count). The minimum absolute atomic E-state index is 0.1000. The van der Waals surface area contributed by atoms with E-state index in [9.17, 15) is 14.4 Å². The second-order valence-corrected chi connectivity index (χ2v) is 6.19. The molecule has 4 aliphatic carbocycles. The van der Waals surface area contributed by atoms with Crippen LogP contribution in [0.15, 0.2) is 24.8 Å². The molecule has 0 aromatic carbocycles. The van der Waals surface area contributed by atoms with Gasteiger partial charge in [0.25, 0.3) is 11.8 Å². The maximum absolute atomic E-state index is 12.5. The molecular weight excluding hydrogens is 256 g/mol. The number of nitrogens with one attached hydrogen (secondary N) is 1. The largest absolute Gasteiger partial charge is 0.273 e. The molecule has 1 heterocycles. The van der Waals surface area contributed by atoms with Crippen molar-refractivity contribution >= 4 is 17.7 Å². The summed E-state index contributed by atoms with van der Waals surface area (Å²) in [5.41, 5.74) is 2.43. The summed E-state index contributed by atoms with van der Waals surface area (Å²) in [5.74, 6) is 0.171. The Balaban J connectivity index is 1.61. The van der Waals surface area contributed by atoms with E-state index < -0.39 is 0 Å². The molecule has 0 aromatic rings. The monoisotopic (exact) mass is 272 g/mol. The smallest absolute Gasteiger partial charge is 0.252 e. The van der Waals surface area contributed by atoms with E-state index in [1.165, 1.54) is 6.08 Å². The Morgan fingerprint density at radius 3 is 2.30 bits per heavy atom. The molecule has 104 valence electrons. The van der Waals surface area contributed by atoms with Crippen LogP contribution in [0.4, 0.5) is 0 Å². The Hall–Kier alpha value is -1.91. The van der Waals surface area contributed by atoms with E-state index in [4.69, 9.17) is 0 Å². The average Bonchev–Trinajstić information content (AvgIpc) is 3.21. The van der Waals surface area contributed by atoms with Gasteiger partial charge in [-0.25, -0.2) is 0 Å². The number of hydrogen-bond donors (Lipinski definition) is 1. The van der Waals surface area contributed by atoms with Crippen molar-refractivity contribution in [2.75, 3.05) is 0 Å². The Morgan fingerprint density at radius 2 is 1.80 bits per heavy atom. The highest BCUT2D eigenvalue weighted by Crippen LogP contribution is 2.65. The average molecular weight is 272 g/mol. The minimum Gasteiger partial charge on any atom is -0.273 e. The number of carbonyl (C=O) groups excluding carboxylic acids is 3. The van der Waals surface area contributed by atoms with Gasteiger partial charge in [0.15, 0.2) is 0 Å². The van der Waals surface area contributed by atoms with Crippen molar-refractivity contribution in [2.24, 2.45) is 35.5 Å². The molecule has 20 heavy (non-hydrogen) atoms. The first-order chi connectivity index (χ1) is 9.63. The van der Waals surface area contributed by atoms with Crippen LogP contribution in [-0.4, -0.2) is 22.7 Å². The molecule has 5 heteroatoms. The standard InChI is InChI=1S/C15H16N2O3/c1-2-3-11(18)16-17-14(19)12-7-4-5-8(10-6-9(7)10)13(12)15(17)20/h2,4-5,7-10,12-13H,1,3,6H2,(H,16,18)/t7?,8?,9?,10?,12-,13+. The molecule has 2 bridgehead atoms. The Kier molecular flexibility index (Phi) is 2.26. The van der Waals surface area contributed by atoms with Gasteiger partial charge in [0.05, 0.1) is 11.8 Å². The molecule has 0 spiro atoms. The number of imide groups is 1. The SMILES string of the molecule is C=CCC(=O)NN1C(=O)[C@@H]2C3C=CC(C4CC43)[C@@H]2C1=O. The molecule has 1 aliphatic heterocycles. The van der Waals surface area contributed by atoms with Gasteiger partial charge in [-0.3, -0.25) is 19.8 Å². The lowest BCUT2D eigenvalue weighted by Gasteiger charge is -2.37. The lowest BCUT2D eigenvalue weighted by molar-refractivity contribution is -0.149. The molecule has 6 atom stereocenters. The molecule has 3 amide bonds. The summed E-state index contributed by atoms with van der Waals surface area (Å²) in [6.07, 6.45) is 6.91. The topological polar surface area (TPSA) is 66.5 Å². The van der Waals surface area contributed by atoms with Crippen LogP contribution in [0.1, 0.15) is 12.8 Å². The highest BCUT2D eigenvalue weighted by molar-refractivity contribution is 6.07. The zero-order valence-electron chi connectivity index (χ0n) is 11.0. The van der Waals surface area contributed by atoms with Crippen molar-refractivity contribution < 1.29 is 14.4 Å². The highest BCUT2D eigenvalue weighted by atomic mass is 16.2. The zero-order chi connectivity index (χ0) is 14.0. The third-order valence-electron chi connectivity index (χ3n) is 5.23. The summed E-state index contributed by atoms with van der Waals surface area (Å²) in [6, 6.07) is 0. The molecular formula is C15H16N2O3. The van der Waals surface area contributed by atoms with Crippen LogP contribution in [0.25, 0.3) is 0 Å². The van der Waals surface area contributed by atoms with Crippen molar-refractivity contribution in [3.05, 3.63) is 24.8 Å². The van der Waals surface area contributed by atoms with E-state index >= 15 is 0 Å². The third kappa shape index (κ3) is 1.35. The van der Waals surface area contributed by atoms with Gasteiger partial charge in [-0.2, -0.15) is 5.01 Å². The Labute approximate surface area is 116 Å². The quantitative estimate of drug-likeness (QED) is 0.606. The summed E-state index contributed by atoms with van der Waals surface area (Å²) in [5, 5.41) is 0.957. The van der Waals surface area contributed by atoms with E-state index in [0.717, 1.165) is 11.4 Å². The van der Waals surface area contributed by atoms with Crippen molar-refractivity contribution in [1.82, 2.24) is 10.4 Å². The van der Waals surface area contributed by atoms with Crippen LogP contribution in [-0.2, 0) is 14.4 Å². The second kappa shape index (κ2) is 3.81. The van der Waals surface area contributed by atoms with Gasteiger partial charge in [-0.15, -0.1) is 6.58 Å². The number of carbonyl (C=O) groups is 3. The van der Waals surface area contributed by atoms with Gasteiger partial charge >= 0.3 is 0 Å². The fourth-order valence-corrected chi connectivity index (χ4v) is 4.37. The van der Waals surface area contributed by atoms with Gasteiger partial charge in [-0.1, -0.05) is 18.2 Å². The van der Waals surface area contributed by atoms with E-state index in [1.54, 1.807) is 0 Å². The fraction of sp³-hybridized carbons (Fsp3) is 0.533. The predicted octanol–water partition coefficient (Wildman–Crippen LogP) is 0.647. The van der Waals surface area contributed by atoms with Crippen molar-refractivity contribution in [3.8, 4) is 0 Å². The summed E-state index contributed by atoms with van der Waals surface area (Å²) >= 11 is 0. The molecule has 2 saturated carbocycles. The van der Waals surface area contributed by atoms with Crippen LogP contribution in [0.2, 0.25) is 0 Å². The number of rotatable bonds is 3. The van der Waals surface area contributed by atoms with Crippen LogP contribution in [0, 0.1) is 35.5 Å². The number of nitrogens with zero attached hydrogens (tertiary/aromatic N) is 1. The van der Waals surface area contributed by atoms with E-state index in [1.807, 2.05) is 0 Å². The Morgan fingerprint density at radius 1 is 1.25 bits per heavy atom. The van der Waals surface area contributed by atoms with Crippen LogP contribution in [0.5, 0.6) is 0 Å². The minimum atomic E-state index is -0.370. The zero-order valence-corrected chi connectivity index (χ0v) is 11.0.